The molecule has 25 heavy (non-hydrogen) atoms. The van der Waals surface area contributed by atoms with Gasteiger partial charge in [-0.2, -0.15) is 0 Å². The molecule has 0 spiro atoms. The fourth-order valence-corrected chi connectivity index (χ4v) is 2.86. The molecule has 0 aliphatic rings. The highest BCUT2D eigenvalue weighted by Gasteiger charge is 2.22. The van der Waals surface area contributed by atoms with E-state index in [1.807, 2.05) is 36.4 Å². The highest BCUT2D eigenvalue weighted by atomic mass is 35.5. The van der Waals surface area contributed by atoms with Gasteiger partial charge in [0.15, 0.2) is 5.96 Å². The van der Waals surface area contributed by atoms with Crippen molar-refractivity contribution in [3.05, 3.63) is 53.1 Å². The Morgan fingerprint density at radius 1 is 1.16 bits per heavy atom. The molecule has 0 aliphatic carbocycles. The van der Waals surface area contributed by atoms with Gasteiger partial charge in [-0.15, -0.1) is 0 Å². The van der Waals surface area contributed by atoms with Gasteiger partial charge in [0, 0.05) is 16.5 Å². The summed E-state index contributed by atoms with van der Waals surface area (Å²) in [5.74, 6) is 1.66. The van der Waals surface area contributed by atoms with Crippen molar-refractivity contribution in [3.8, 4) is 11.5 Å². The summed E-state index contributed by atoms with van der Waals surface area (Å²) in [5.41, 5.74) is 7.53. The van der Waals surface area contributed by atoms with Crippen molar-refractivity contribution < 1.29 is 9.47 Å². The predicted molar refractivity (Wildman–Crippen MR) is 104 cm³/mol. The molecule has 0 aliphatic heterocycles. The van der Waals surface area contributed by atoms with Crippen LogP contribution in [0.5, 0.6) is 11.5 Å². The van der Waals surface area contributed by atoms with E-state index in [2.05, 4.69) is 24.2 Å². The molecule has 0 saturated heterocycles. The van der Waals surface area contributed by atoms with E-state index in [1.165, 1.54) is 0 Å². The second-order valence-corrected chi connectivity index (χ2v) is 6.66. The maximum Gasteiger partial charge on any atom is 0.193 e. The number of nitrogens with two attached hydrogens (primary N) is 1. The first-order valence-corrected chi connectivity index (χ1v) is 8.29. The van der Waals surface area contributed by atoms with Gasteiger partial charge in [-0.3, -0.25) is 4.99 Å². The van der Waals surface area contributed by atoms with Gasteiger partial charge in [0.2, 0.25) is 0 Å². The van der Waals surface area contributed by atoms with Crippen LogP contribution in [0.3, 0.4) is 0 Å². The van der Waals surface area contributed by atoms with E-state index in [9.17, 15) is 0 Å². The van der Waals surface area contributed by atoms with E-state index in [0.29, 0.717) is 29.7 Å². The van der Waals surface area contributed by atoms with Gasteiger partial charge in [0.25, 0.3) is 0 Å². The lowest BCUT2D eigenvalue weighted by Crippen LogP contribution is -2.28. The molecule has 2 rings (SSSR count). The van der Waals surface area contributed by atoms with Gasteiger partial charge in [-0.05, 0) is 23.8 Å². The number of nitrogens with zero attached hydrogens (tertiary/aromatic N) is 1. The van der Waals surface area contributed by atoms with Gasteiger partial charge < -0.3 is 20.5 Å². The molecule has 3 N–H and O–H groups in total. The van der Waals surface area contributed by atoms with Crippen LogP contribution in [0.1, 0.15) is 19.4 Å². The number of hydrogen-bond acceptors (Lipinski definition) is 3. The topological polar surface area (TPSA) is 68.9 Å². The summed E-state index contributed by atoms with van der Waals surface area (Å²) < 4.78 is 10.6. The Hall–Kier alpha value is -2.40. The van der Waals surface area contributed by atoms with Gasteiger partial charge in [0.05, 0.1) is 26.5 Å². The third kappa shape index (κ3) is 4.79. The number of anilines is 1. The summed E-state index contributed by atoms with van der Waals surface area (Å²) in [6.07, 6.45) is 0. The van der Waals surface area contributed by atoms with Crippen LogP contribution in [0.2, 0.25) is 5.02 Å². The Bertz CT molecular complexity index is 760. The number of hydrogen-bond donors (Lipinski definition) is 2. The van der Waals surface area contributed by atoms with Crippen molar-refractivity contribution in [2.45, 2.75) is 19.3 Å². The highest BCUT2D eigenvalue weighted by Crippen LogP contribution is 2.31. The fraction of sp³-hybridized carbons (Fsp3) is 0.316. The molecule has 2 aromatic rings. The van der Waals surface area contributed by atoms with E-state index in [1.54, 1.807) is 20.3 Å². The molecule has 6 heteroatoms. The van der Waals surface area contributed by atoms with Crippen LogP contribution < -0.4 is 20.5 Å². The van der Waals surface area contributed by atoms with Gasteiger partial charge in [0.1, 0.15) is 11.5 Å². The molecule has 0 fully saturated rings. The Balaban J connectivity index is 2.16. The summed E-state index contributed by atoms with van der Waals surface area (Å²) in [7, 11) is 3.20. The van der Waals surface area contributed by atoms with Crippen molar-refractivity contribution in [2.24, 2.45) is 10.7 Å². The number of guanidine groups is 1. The smallest absolute Gasteiger partial charge is 0.193 e. The standard InChI is InChI=1S/C19H24ClN3O2/c1-19(2,14-7-5-6-8-15(14)20)12-22-18(21)23-16-11-13(24-3)9-10-17(16)25-4/h5-11H,12H2,1-4H3,(H3,21,22,23). The molecule has 5 nitrogen and oxygen atoms in total. The molecule has 0 heterocycles. The van der Waals surface area contributed by atoms with Crippen molar-refractivity contribution in [1.29, 1.82) is 0 Å². The van der Waals surface area contributed by atoms with Crippen molar-refractivity contribution in [1.82, 2.24) is 0 Å². The number of halogens is 1. The summed E-state index contributed by atoms with van der Waals surface area (Å²) in [6, 6.07) is 13.2. The number of aliphatic imine (C=N–C) groups is 1. The van der Waals surface area contributed by atoms with Crippen LogP contribution in [-0.4, -0.2) is 26.7 Å². The minimum atomic E-state index is -0.247. The number of rotatable bonds is 6. The van der Waals surface area contributed by atoms with Crippen LogP contribution in [-0.2, 0) is 5.41 Å². The summed E-state index contributed by atoms with van der Waals surface area (Å²) in [6.45, 7) is 4.65. The summed E-state index contributed by atoms with van der Waals surface area (Å²) in [4.78, 5) is 4.47. The summed E-state index contributed by atoms with van der Waals surface area (Å²) >= 11 is 6.30. The summed E-state index contributed by atoms with van der Waals surface area (Å²) in [5, 5.41) is 3.79. The maximum atomic E-state index is 6.30. The molecular weight excluding hydrogens is 338 g/mol. The molecule has 0 amide bonds. The Morgan fingerprint density at radius 2 is 1.88 bits per heavy atom. The van der Waals surface area contributed by atoms with E-state index < -0.39 is 0 Å². The average molecular weight is 362 g/mol. The normalized spacial score (nSPS) is 12.0. The largest absolute Gasteiger partial charge is 0.497 e. The van der Waals surface area contributed by atoms with Crippen molar-refractivity contribution in [3.63, 3.8) is 0 Å². The zero-order valence-electron chi connectivity index (χ0n) is 15.0. The Morgan fingerprint density at radius 3 is 2.52 bits per heavy atom. The van der Waals surface area contributed by atoms with E-state index in [0.717, 1.165) is 10.6 Å². The average Bonchev–Trinajstić information content (AvgIpc) is 2.60. The van der Waals surface area contributed by atoms with E-state index in [4.69, 9.17) is 26.8 Å². The van der Waals surface area contributed by atoms with Gasteiger partial charge in [-0.25, -0.2) is 0 Å². The first-order chi connectivity index (χ1) is 11.9. The number of nitrogens with one attached hydrogen (secondary N) is 1. The Kier molecular flexibility index (Phi) is 6.15. The highest BCUT2D eigenvalue weighted by molar-refractivity contribution is 6.31. The van der Waals surface area contributed by atoms with Crippen LogP contribution in [0.25, 0.3) is 0 Å². The second-order valence-electron chi connectivity index (χ2n) is 6.26. The minimum absolute atomic E-state index is 0.247. The predicted octanol–water partition coefficient (Wildman–Crippen LogP) is 4.06. The Labute approximate surface area is 153 Å². The zero-order valence-corrected chi connectivity index (χ0v) is 15.7. The quantitative estimate of drug-likeness (QED) is 0.601. The molecule has 0 saturated carbocycles. The third-order valence-electron chi connectivity index (χ3n) is 3.92. The number of methoxy groups -OCH3 is 2. The zero-order chi connectivity index (χ0) is 18.4. The van der Waals surface area contributed by atoms with Crippen molar-refractivity contribution >= 4 is 23.2 Å². The molecule has 0 radical (unpaired) electrons. The molecule has 134 valence electrons. The first kappa shape index (κ1) is 18.9. The molecule has 2 aromatic carbocycles. The van der Waals surface area contributed by atoms with E-state index in [-0.39, 0.29) is 5.41 Å². The number of benzene rings is 2. The SMILES string of the molecule is COc1ccc(OC)c(NC(N)=NCC(C)(C)c2ccccc2Cl)c1. The maximum absolute atomic E-state index is 6.30. The fourth-order valence-electron chi connectivity index (χ4n) is 2.47. The molecule has 0 atom stereocenters. The first-order valence-electron chi connectivity index (χ1n) is 7.91. The van der Waals surface area contributed by atoms with Crippen LogP contribution in [0.4, 0.5) is 5.69 Å². The lowest BCUT2D eigenvalue weighted by atomic mass is 9.85. The molecule has 0 aromatic heterocycles. The number of ether oxygens (including phenoxy) is 2. The van der Waals surface area contributed by atoms with Crippen LogP contribution in [0, 0.1) is 0 Å². The van der Waals surface area contributed by atoms with Crippen molar-refractivity contribution in [2.75, 3.05) is 26.1 Å². The lowest BCUT2D eigenvalue weighted by molar-refractivity contribution is 0.405. The molecule has 0 unspecified atom stereocenters. The molecular formula is C19H24ClN3O2. The van der Waals surface area contributed by atoms with E-state index >= 15 is 0 Å². The van der Waals surface area contributed by atoms with Crippen LogP contribution >= 0.6 is 11.6 Å². The monoisotopic (exact) mass is 361 g/mol. The minimum Gasteiger partial charge on any atom is -0.497 e. The van der Waals surface area contributed by atoms with Gasteiger partial charge in [-0.1, -0.05) is 43.6 Å². The van der Waals surface area contributed by atoms with Crippen LogP contribution in [0.15, 0.2) is 47.5 Å². The van der Waals surface area contributed by atoms with Gasteiger partial charge >= 0.3 is 0 Å². The molecule has 0 bridgehead atoms. The second kappa shape index (κ2) is 8.12. The lowest BCUT2D eigenvalue weighted by Gasteiger charge is -2.24. The third-order valence-corrected chi connectivity index (χ3v) is 4.25.